The number of rotatable bonds is 4. The Morgan fingerprint density at radius 2 is 1.94 bits per heavy atom. The number of aromatic nitrogens is 2. The molecule has 4 heterocycles. The summed E-state index contributed by atoms with van der Waals surface area (Å²) in [6.45, 7) is 0.226. The quantitative estimate of drug-likeness (QED) is 0.585. The number of amides is 4. The van der Waals surface area contributed by atoms with Crippen molar-refractivity contribution in [2.45, 2.75) is 50.7 Å². The van der Waals surface area contributed by atoms with Gasteiger partial charge >= 0.3 is 0 Å². The van der Waals surface area contributed by atoms with Crippen LogP contribution in [0, 0.1) is 0 Å². The van der Waals surface area contributed by atoms with E-state index in [4.69, 9.17) is 0 Å². The molecule has 2 aromatic heterocycles. The highest BCUT2D eigenvalue weighted by Crippen LogP contribution is 2.34. The fourth-order valence-corrected chi connectivity index (χ4v) is 4.99. The van der Waals surface area contributed by atoms with Gasteiger partial charge in [-0.3, -0.25) is 24.5 Å². The number of nitrogens with one attached hydrogen (secondary N) is 2. The number of carbonyl (C=O) groups excluding carboxylic acids is 4. The number of benzene rings is 1. The number of imide groups is 1. The Labute approximate surface area is 195 Å². The van der Waals surface area contributed by atoms with Gasteiger partial charge in [0.25, 0.3) is 11.8 Å². The van der Waals surface area contributed by atoms with E-state index in [2.05, 4.69) is 26.4 Å². The average molecular weight is 457 g/mol. The fraction of sp³-hybridized carbons (Fsp3) is 0.320. The Hall–Kier alpha value is -4.01. The lowest BCUT2D eigenvalue weighted by Gasteiger charge is -2.29. The first kappa shape index (κ1) is 20.6. The van der Waals surface area contributed by atoms with E-state index in [1.807, 2.05) is 12.1 Å². The number of hydrogen-bond acceptors (Lipinski definition) is 5. The lowest BCUT2D eigenvalue weighted by atomic mass is 9.93. The summed E-state index contributed by atoms with van der Waals surface area (Å²) in [6.07, 6.45) is 7.81. The monoisotopic (exact) mass is 457 g/mol. The van der Waals surface area contributed by atoms with Crippen LogP contribution in [-0.4, -0.2) is 44.1 Å². The topological polar surface area (TPSA) is 113 Å². The van der Waals surface area contributed by atoms with Gasteiger partial charge in [-0.15, -0.1) is 0 Å². The van der Waals surface area contributed by atoms with Crippen molar-refractivity contribution in [1.29, 1.82) is 0 Å². The van der Waals surface area contributed by atoms with Crippen LogP contribution in [0.15, 0.2) is 42.7 Å². The average Bonchev–Trinajstić information content (AvgIpc) is 3.33. The molecule has 1 aliphatic carbocycles. The summed E-state index contributed by atoms with van der Waals surface area (Å²) in [5, 5.41) is 6.16. The number of hydrogen-bond donors (Lipinski definition) is 2. The number of anilines is 1. The van der Waals surface area contributed by atoms with Crippen LogP contribution in [0.25, 0.3) is 11.0 Å². The zero-order valence-corrected chi connectivity index (χ0v) is 18.4. The maximum atomic E-state index is 12.9. The summed E-state index contributed by atoms with van der Waals surface area (Å²) >= 11 is 0. The molecule has 3 aromatic rings. The Morgan fingerprint density at radius 1 is 1.09 bits per heavy atom. The summed E-state index contributed by atoms with van der Waals surface area (Å²) in [5.41, 5.74) is 3.11. The summed E-state index contributed by atoms with van der Waals surface area (Å²) in [5.74, 6) is -1.34. The van der Waals surface area contributed by atoms with Crippen molar-refractivity contribution < 1.29 is 19.2 Å². The van der Waals surface area contributed by atoms with Crippen LogP contribution in [0.4, 0.5) is 5.69 Å². The number of carbonyl (C=O) groups is 4. The minimum Gasteiger partial charge on any atom is -0.329 e. The van der Waals surface area contributed by atoms with E-state index < -0.39 is 11.9 Å². The third-order valence-corrected chi connectivity index (χ3v) is 7.07. The van der Waals surface area contributed by atoms with Crippen molar-refractivity contribution in [2.24, 2.45) is 0 Å². The lowest BCUT2D eigenvalue weighted by molar-refractivity contribution is -0.136. The van der Waals surface area contributed by atoms with Crippen molar-refractivity contribution in [3.8, 4) is 0 Å². The second kappa shape index (κ2) is 7.79. The summed E-state index contributed by atoms with van der Waals surface area (Å²) in [6, 6.07) is 8.68. The molecular weight excluding hydrogens is 434 g/mol. The van der Waals surface area contributed by atoms with Crippen LogP contribution in [0.5, 0.6) is 0 Å². The predicted octanol–water partition coefficient (Wildman–Crippen LogP) is 2.77. The number of nitrogens with zero attached hydrogens (tertiary/aromatic N) is 3. The molecule has 2 fully saturated rings. The largest absolute Gasteiger partial charge is 0.329 e. The lowest BCUT2D eigenvalue weighted by Crippen LogP contribution is -2.52. The molecule has 1 unspecified atom stereocenters. The molecule has 1 atom stereocenters. The molecule has 172 valence electrons. The van der Waals surface area contributed by atoms with E-state index in [1.54, 1.807) is 24.4 Å². The van der Waals surface area contributed by atoms with Crippen LogP contribution in [0.1, 0.15) is 64.4 Å². The van der Waals surface area contributed by atoms with Crippen LogP contribution in [0.2, 0.25) is 0 Å². The highest BCUT2D eigenvalue weighted by Gasteiger charge is 2.39. The van der Waals surface area contributed by atoms with Crippen LogP contribution in [0.3, 0.4) is 0 Å². The molecule has 0 radical (unpaired) electrons. The molecule has 1 saturated carbocycles. The smallest absolute Gasteiger partial charge is 0.255 e. The SMILES string of the molecule is O=C1CCC(N2Cc3cc(C(=O)Nc4cnc5c(ccn5C5CCC5)c4)ccc3C2=O)C(=O)N1. The second-order valence-corrected chi connectivity index (χ2v) is 9.17. The van der Waals surface area contributed by atoms with Gasteiger partial charge in [0.05, 0.1) is 11.9 Å². The summed E-state index contributed by atoms with van der Waals surface area (Å²) in [4.78, 5) is 55.5. The van der Waals surface area contributed by atoms with Gasteiger partial charge in [-0.05, 0) is 61.6 Å². The van der Waals surface area contributed by atoms with Gasteiger partial charge in [0, 0.05) is 41.7 Å². The number of pyridine rings is 1. The van der Waals surface area contributed by atoms with E-state index in [1.165, 1.54) is 24.2 Å². The Kier molecular flexibility index (Phi) is 4.72. The third-order valence-electron chi connectivity index (χ3n) is 7.07. The summed E-state index contributed by atoms with van der Waals surface area (Å²) < 4.78 is 2.20. The normalized spacial score (nSPS) is 20.3. The first-order chi connectivity index (χ1) is 16.5. The molecule has 0 spiro atoms. The Bertz CT molecular complexity index is 1370. The molecule has 34 heavy (non-hydrogen) atoms. The molecule has 0 bridgehead atoms. The van der Waals surface area contributed by atoms with E-state index in [-0.39, 0.29) is 30.7 Å². The van der Waals surface area contributed by atoms with Crippen molar-refractivity contribution in [3.05, 3.63) is 59.4 Å². The predicted molar refractivity (Wildman–Crippen MR) is 123 cm³/mol. The van der Waals surface area contributed by atoms with Crippen molar-refractivity contribution >= 4 is 40.3 Å². The molecule has 1 aromatic carbocycles. The molecule has 2 aliphatic heterocycles. The highest BCUT2D eigenvalue weighted by atomic mass is 16.2. The molecule has 3 aliphatic rings. The Balaban J connectivity index is 1.19. The second-order valence-electron chi connectivity index (χ2n) is 9.17. The van der Waals surface area contributed by atoms with Gasteiger partial charge in [-0.1, -0.05) is 0 Å². The van der Waals surface area contributed by atoms with Gasteiger partial charge in [-0.25, -0.2) is 4.98 Å². The molecular formula is C25H23N5O4. The zero-order valence-electron chi connectivity index (χ0n) is 18.4. The molecule has 6 rings (SSSR count). The van der Waals surface area contributed by atoms with Gasteiger partial charge in [-0.2, -0.15) is 0 Å². The third kappa shape index (κ3) is 3.35. The fourth-order valence-electron chi connectivity index (χ4n) is 4.99. The molecule has 4 amide bonds. The molecule has 9 heteroatoms. The van der Waals surface area contributed by atoms with E-state index >= 15 is 0 Å². The van der Waals surface area contributed by atoms with Crippen molar-refractivity contribution in [3.63, 3.8) is 0 Å². The number of piperidine rings is 1. The van der Waals surface area contributed by atoms with Crippen LogP contribution < -0.4 is 10.6 Å². The van der Waals surface area contributed by atoms with E-state index in [0.717, 1.165) is 11.0 Å². The standard InChI is InChI=1S/C25H23N5O4/c31-21-7-6-20(24(33)28-21)30-13-16-10-15(4-5-19(16)25(30)34)23(32)27-17-11-14-8-9-29(18-2-1-3-18)22(14)26-12-17/h4-5,8-12,18,20H,1-3,6-7,13H2,(H,27,32)(H,28,31,33). The van der Waals surface area contributed by atoms with Crippen LogP contribution >= 0.6 is 0 Å². The zero-order chi connectivity index (χ0) is 23.4. The maximum Gasteiger partial charge on any atom is 0.255 e. The van der Waals surface area contributed by atoms with Crippen molar-refractivity contribution in [2.75, 3.05) is 5.32 Å². The Morgan fingerprint density at radius 3 is 2.71 bits per heavy atom. The van der Waals surface area contributed by atoms with Gasteiger partial charge in [0.2, 0.25) is 11.8 Å². The molecule has 2 N–H and O–H groups in total. The molecule has 9 nitrogen and oxygen atoms in total. The maximum absolute atomic E-state index is 12.9. The minimum atomic E-state index is -0.681. The minimum absolute atomic E-state index is 0.201. The first-order valence-corrected chi connectivity index (χ1v) is 11.5. The highest BCUT2D eigenvalue weighted by molar-refractivity contribution is 6.08. The first-order valence-electron chi connectivity index (χ1n) is 11.5. The molecule has 1 saturated heterocycles. The van der Waals surface area contributed by atoms with Gasteiger partial charge in [0.1, 0.15) is 11.7 Å². The van der Waals surface area contributed by atoms with Gasteiger partial charge in [0.15, 0.2) is 0 Å². The van der Waals surface area contributed by atoms with E-state index in [0.29, 0.717) is 34.8 Å². The summed E-state index contributed by atoms with van der Waals surface area (Å²) in [7, 11) is 0. The van der Waals surface area contributed by atoms with E-state index in [9.17, 15) is 19.2 Å². The van der Waals surface area contributed by atoms with Gasteiger partial charge < -0.3 is 14.8 Å². The van der Waals surface area contributed by atoms with Crippen molar-refractivity contribution in [1.82, 2.24) is 19.8 Å². The van der Waals surface area contributed by atoms with Crippen LogP contribution in [-0.2, 0) is 16.1 Å². The number of fused-ring (bicyclic) bond motifs is 2.